The maximum atomic E-state index is 11.9. The van der Waals surface area contributed by atoms with Crippen molar-refractivity contribution in [3.63, 3.8) is 0 Å². The molecule has 0 bridgehead atoms. The lowest BCUT2D eigenvalue weighted by molar-refractivity contribution is -0.127. The number of halogens is 1. The Labute approximate surface area is 130 Å². The van der Waals surface area contributed by atoms with Crippen molar-refractivity contribution in [1.82, 2.24) is 4.90 Å². The van der Waals surface area contributed by atoms with E-state index in [0.717, 1.165) is 17.7 Å². The number of hydrogen-bond acceptors (Lipinski definition) is 2. The number of fused-ring (bicyclic) bond motifs is 1. The number of anilines is 1. The summed E-state index contributed by atoms with van der Waals surface area (Å²) >= 11 is 6.38. The van der Waals surface area contributed by atoms with Crippen LogP contribution in [0.1, 0.15) is 32.8 Å². The Hall–Kier alpha value is -1.55. The molecule has 1 aliphatic rings. The smallest absolute Gasteiger partial charge is 0.223 e. The van der Waals surface area contributed by atoms with Crippen molar-refractivity contribution in [1.29, 1.82) is 0 Å². The molecule has 0 aromatic heterocycles. The first-order valence-corrected chi connectivity index (χ1v) is 7.43. The molecule has 0 N–H and O–H groups in total. The third kappa shape index (κ3) is 2.91. The highest BCUT2D eigenvalue weighted by Crippen LogP contribution is 2.46. The van der Waals surface area contributed by atoms with Gasteiger partial charge in [0.05, 0.1) is 0 Å². The lowest BCUT2D eigenvalue weighted by atomic mass is 9.81. The first kappa shape index (κ1) is 15.8. The number of carbonyl (C=O) groups is 2. The van der Waals surface area contributed by atoms with Gasteiger partial charge in [0.2, 0.25) is 11.8 Å². The molecule has 0 saturated heterocycles. The van der Waals surface area contributed by atoms with Crippen LogP contribution in [0.15, 0.2) is 18.2 Å². The zero-order valence-corrected chi connectivity index (χ0v) is 13.7. The molecule has 0 aliphatic carbocycles. The Morgan fingerprint density at radius 3 is 2.62 bits per heavy atom. The molecule has 0 spiro atoms. The van der Waals surface area contributed by atoms with Gasteiger partial charge in [-0.2, -0.15) is 0 Å². The first-order valence-electron chi connectivity index (χ1n) is 7.05. The molecule has 2 amide bonds. The van der Waals surface area contributed by atoms with Gasteiger partial charge in [0, 0.05) is 55.7 Å². The van der Waals surface area contributed by atoms with E-state index in [-0.39, 0.29) is 17.2 Å². The van der Waals surface area contributed by atoms with Crippen molar-refractivity contribution in [3.8, 4) is 0 Å². The second-order valence-electron chi connectivity index (χ2n) is 5.99. The van der Waals surface area contributed by atoms with E-state index in [1.165, 1.54) is 0 Å². The summed E-state index contributed by atoms with van der Waals surface area (Å²) in [5.41, 5.74) is 1.67. The number of rotatable bonds is 3. The van der Waals surface area contributed by atoms with Gasteiger partial charge in [-0.25, -0.2) is 0 Å². The summed E-state index contributed by atoms with van der Waals surface area (Å²) in [6.45, 7) is 6.47. The van der Waals surface area contributed by atoms with Crippen molar-refractivity contribution < 1.29 is 9.59 Å². The summed E-state index contributed by atoms with van der Waals surface area (Å²) in [7, 11) is 1.79. The van der Waals surface area contributed by atoms with E-state index in [4.69, 9.17) is 11.6 Å². The topological polar surface area (TPSA) is 40.6 Å². The highest BCUT2D eigenvalue weighted by molar-refractivity contribution is 6.32. The fourth-order valence-electron chi connectivity index (χ4n) is 2.91. The summed E-state index contributed by atoms with van der Waals surface area (Å²) in [5.74, 6) is 0.0570. The normalized spacial score (nSPS) is 20.3. The van der Waals surface area contributed by atoms with Gasteiger partial charge < -0.3 is 9.80 Å². The molecule has 4 nitrogen and oxygen atoms in total. The first-order chi connectivity index (χ1) is 9.76. The average Bonchev–Trinajstić information content (AvgIpc) is 2.71. The summed E-state index contributed by atoms with van der Waals surface area (Å²) in [6, 6.07) is 5.66. The Morgan fingerprint density at radius 2 is 2.05 bits per heavy atom. The SMILES string of the molecule is CC(=O)N(C)CCC1(C)CN(C(C)=O)c2cccc(Cl)c21. The van der Waals surface area contributed by atoms with Crippen LogP contribution in [-0.4, -0.2) is 36.9 Å². The van der Waals surface area contributed by atoms with Gasteiger partial charge >= 0.3 is 0 Å². The van der Waals surface area contributed by atoms with Crippen molar-refractivity contribution in [2.75, 3.05) is 25.0 Å². The van der Waals surface area contributed by atoms with Crippen molar-refractivity contribution >= 4 is 29.1 Å². The monoisotopic (exact) mass is 308 g/mol. The molecule has 1 heterocycles. The summed E-state index contributed by atoms with van der Waals surface area (Å²) in [5, 5.41) is 0.684. The van der Waals surface area contributed by atoms with Crippen LogP contribution in [0.25, 0.3) is 0 Å². The van der Waals surface area contributed by atoms with Gasteiger partial charge in [0.1, 0.15) is 0 Å². The zero-order valence-electron chi connectivity index (χ0n) is 12.9. The van der Waals surface area contributed by atoms with E-state index < -0.39 is 0 Å². The predicted octanol–water partition coefficient (Wildman–Crippen LogP) is 2.83. The van der Waals surface area contributed by atoms with Crippen LogP contribution in [0.5, 0.6) is 0 Å². The van der Waals surface area contributed by atoms with Crippen molar-refractivity contribution in [3.05, 3.63) is 28.8 Å². The fourth-order valence-corrected chi connectivity index (χ4v) is 3.30. The zero-order chi connectivity index (χ0) is 15.8. The Bertz CT molecular complexity index is 588. The molecule has 114 valence electrons. The molecule has 5 heteroatoms. The van der Waals surface area contributed by atoms with Crippen LogP contribution >= 0.6 is 11.6 Å². The van der Waals surface area contributed by atoms with E-state index >= 15 is 0 Å². The second-order valence-corrected chi connectivity index (χ2v) is 6.40. The average molecular weight is 309 g/mol. The van der Waals surface area contributed by atoms with Crippen LogP contribution in [0.2, 0.25) is 5.02 Å². The molecule has 1 aliphatic heterocycles. The van der Waals surface area contributed by atoms with Crippen LogP contribution in [-0.2, 0) is 15.0 Å². The standard InChI is InChI=1S/C16H21ClN2O2/c1-11(20)18(4)9-8-16(3)10-19(12(2)21)14-7-5-6-13(17)15(14)16/h5-7H,8-10H2,1-4H3. The van der Waals surface area contributed by atoms with Gasteiger partial charge in [0.15, 0.2) is 0 Å². The Morgan fingerprint density at radius 1 is 1.38 bits per heavy atom. The molecular weight excluding hydrogens is 288 g/mol. The third-order valence-corrected chi connectivity index (χ3v) is 4.62. The second kappa shape index (κ2) is 5.68. The van der Waals surface area contributed by atoms with Crippen molar-refractivity contribution in [2.45, 2.75) is 32.6 Å². The summed E-state index contributed by atoms with van der Waals surface area (Å²) < 4.78 is 0. The van der Waals surface area contributed by atoms with E-state index in [9.17, 15) is 9.59 Å². The maximum absolute atomic E-state index is 11.9. The van der Waals surface area contributed by atoms with E-state index in [1.807, 2.05) is 18.2 Å². The minimum absolute atomic E-state index is 0.0159. The number of nitrogens with zero attached hydrogens (tertiary/aromatic N) is 2. The van der Waals surface area contributed by atoms with Crippen molar-refractivity contribution in [2.24, 2.45) is 0 Å². The number of amides is 2. The number of carbonyl (C=O) groups excluding carboxylic acids is 2. The molecule has 1 aromatic carbocycles. The van der Waals surface area contributed by atoms with Gasteiger partial charge in [-0.05, 0) is 18.6 Å². The minimum atomic E-state index is -0.233. The van der Waals surface area contributed by atoms with Gasteiger partial charge in [0.25, 0.3) is 0 Å². The molecule has 0 radical (unpaired) electrons. The molecule has 21 heavy (non-hydrogen) atoms. The number of benzene rings is 1. The van der Waals surface area contributed by atoms with Gasteiger partial charge in [-0.3, -0.25) is 9.59 Å². The van der Waals surface area contributed by atoms with Crippen LogP contribution < -0.4 is 4.90 Å². The quantitative estimate of drug-likeness (QED) is 0.861. The Balaban J connectivity index is 2.34. The summed E-state index contributed by atoms with van der Waals surface area (Å²) in [4.78, 5) is 26.7. The fraction of sp³-hybridized carbons (Fsp3) is 0.500. The molecular formula is C16H21ClN2O2. The van der Waals surface area contributed by atoms with E-state index in [2.05, 4.69) is 6.92 Å². The highest BCUT2D eigenvalue weighted by atomic mass is 35.5. The molecule has 2 rings (SSSR count). The third-order valence-electron chi connectivity index (χ3n) is 4.31. The van der Waals surface area contributed by atoms with E-state index in [1.54, 1.807) is 30.7 Å². The van der Waals surface area contributed by atoms with E-state index in [0.29, 0.717) is 18.1 Å². The van der Waals surface area contributed by atoms with Crippen LogP contribution in [0.3, 0.4) is 0 Å². The molecule has 1 atom stereocenters. The minimum Gasteiger partial charge on any atom is -0.346 e. The predicted molar refractivity (Wildman–Crippen MR) is 84.8 cm³/mol. The van der Waals surface area contributed by atoms with Crippen LogP contribution in [0, 0.1) is 0 Å². The van der Waals surface area contributed by atoms with Gasteiger partial charge in [-0.1, -0.05) is 24.6 Å². The van der Waals surface area contributed by atoms with Gasteiger partial charge in [-0.15, -0.1) is 0 Å². The Kier molecular flexibility index (Phi) is 4.28. The molecule has 0 saturated carbocycles. The summed E-state index contributed by atoms with van der Waals surface area (Å²) in [6.07, 6.45) is 0.767. The lowest BCUT2D eigenvalue weighted by Gasteiger charge is -2.28. The molecule has 1 unspecified atom stereocenters. The largest absolute Gasteiger partial charge is 0.346 e. The van der Waals surface area contributed by atoms with Crippen LogP contribution in [0.4, 0.5) is 5.69 Å². The lowest BCUT2D eigenvalue weighted by Crippen LogP contribution is -2.37. The number of hydrogen-bond donors (Lipinski definition) is 0. The molecule has 1 aromatic rings. The highest BCUT2D eigenvalue weighted by Gasteiger charge is 2.41. The maximum Gasteiger partial charge on any atom is 0.223 e. The molecule has 0 fully saturated rings.